The molecule has 2 aliphatic heterocycles. The van der Waals surface area contributed by atoms with Gasteiger partial charge in [0.2, 0.25) is 11.8 Å². The zero-order chi connectivity index (χ0) is 13.5. The van der Waals surface area contributed by atoms with Gasteiger partial charge in [0.1, 0.15) is 0 Å². The molecule has 2 heterocycles. The van der Waals surface area contributed by atoms with Crippen LogP contribution in [0.25, 0.3) is 0 Å². The normalized spacial score (nSPS) is 34.5. The first-order valence-electron chi connectivity index (χ1n) is 7.35. The van der Waals surface area contributed by atoms with Crippen molar-refractivity contribution in [2.75, 3.05) is 19.8 Å². The molecule has 0 bridgehead atoms. The van der Waals surface area contributed by atoms with Crippen molar-refractivity contribution in [3.05, 3.63) is 0 Å². The molecule has 5 heteroatoms. The summed E-state index contributed by atoms with van der Waals surface area (Å²) in [5, 5.41) is 0. The monoisotopic (exact) mass is 266 g/mol. The molecule has 2 unspecified atom stereocenters. The number of carbonyl (C=O) groups is 2. The maximum Gasteiger partial charge on any atom is 0.233 e. The summed E-state index contributed by atoms with van der Waals surface area (Å²) in [4.78, 5) is 26.8. The van der Waals surface area contributed by atoms with Crippen molar-refractivity contribution < 1.29 is 14.3 Å². The minimum absolute atomic E-state index is 0.0297. The van der Waals surface area contributed by atoms with Crippen LogP contribution in [0, 0.1) is 11.8 Å². The molecule has 2 atom stereocenters. The van der Waals surface area contributed by atoms with Gasteiger partial charge in [-0.2, -0.15) is 0 Å². The summed E-state index contributed by atoms with van der Waals surface area (Å²) in [5.74, 6) is -0.0934. The fourth-order valence-electron chi connectivity index (χ4n) is 3.90. The van der Waals surface area contributed by atoms with Crippen molar-refractivity contribution in [2.45, 2.75) is 44.1 Å². The molecule has 0 aromatic rings. The lowest BCUT2D eigenvalue weighted by Crippen LogP contribution is -2.59. The summed E-state index contributed by atoms with van der Waals surface area (Å²) >= 11 is 0. The highest BCUT2D eigenvalue weighted by Crippen LogP contribution is 2.42. The van der Waals surface area contributed by atoms with E-state index in [2.05, 4.69) is 0 Å². The molecule has 106 valence electrons. The topological polar surface area (TPSA) is 72.6 Å². The van der Waals surface area contributed by atoms with Crippen molar-refractivity contribution >= 4 is 11.8 Å². The molecule has 3 fully saturated rings. The predicted molar refractivity (Wildman–Crippen MR) is 69.1 cm³/mol. The summed E-state index contributed by atoms with van der Waals surface area (Å²) in [6, 6.07) is 0. The van der Waals surface area contributed by atoms with Crippen LogP contribution in [0.15, 0.2) is 0 Å². The average molecular weight is 266 g/mol. The Morgan fingerprint density at radius 2 is 1.63 bits per heavy atom. The van der Waals surface area contributed by atoms with E-state index >= 15 is 0 Å². The maximum absolute atomic E-state index is 12.6. The standard InChI is InChI=1S/C14H22N2O3/c15-9-14(5-7-19-8-6-14)16-12(17)10-3-1-2-4-11(10)13(16)18/h10-11H,1-9,15H2. The maximum atomic E-state index is 12.6. The summed E-state index contributed by atoms with van der Waals surface area (Å²) < 4.78 is 5.37. The molecule has 3 rings (SSSR count). The number of ether oxygens (including phenoxy) is 1. The van der Waals surface area contributed by atoms with Gasteiger partial charge in [-0.15, -0.1) is 0 Å². The second-order valence-corrected chi connectivity index (χ2v) is 6.05. The summed E-state index contributed by atoms with van der Waals surface area (Å²) in [5.41, 5.74) is 5.45. The van der Waals surface area contributed by atoms with Crippen molar-refractivity contribution in [3.8, 4) is 0 Å². The number of amides is 2. The van der Waals surface area contributed by atoms with Crippen molar-refractivity contribution in [3.63, 3.8) is 0 Å². The van der Waals surface area contributed by atoms with E-state index in [-0.39, 0.29) is 23.7 Å². The van der Waals surface area contributed by atoms with Crippen LogP contribution in [-0.2, 0) is 14.3 Å². The predicted octanol–water partition coefficient (Wildman–Crippen LogP) is 0.669. The van der Waals surface area contributed by atoms with Gasteiger partial charge in [0, 0.05) is 19.8 Å². The van der Waals surface area contributed by atoms with Gasteiger partial charge in [0.25, 0.3) is 0 Å². The number of likely N-dealkylation sites (tertiary alicyclic amines) is 1. The Bertz CT molecular complexity index is 366. The van der Waals surface area contributed by atoms with E-state index in [1.54, 1.807) is 0 Å². The number of nitrogens with zero attached hydrogens (tertiary/aromatic N) is 1. The van der Waals surface area contributed by atoms with Gasteiger partial charge in [0.15, 0.2) is 0 Å². The third-order valence-corrected chi connectivity index (χ3v) is 5.12. The number of fused-ring (bicyclic) bond motifs is 1. The van der Waals surface area contributed by atoms with Gasteiger partial charge in [-0.25, -0.2) is 0 Å². The van der Waals surface area contributed by atoms with Crippen LogP contribution in [0.5, 0.6) is 0 Å². The lowest BCUT2D eigenvalue weighted by atomic mass is 9.81. The minimum Gasteiger partial charge on any atom is -0.381 e. The first-order valence-corrected chi connectivity index (χ1v) is 7.35. The first kappa shape index (κ1) is 13.1. The number of hydrogen-bond acceptors (Lipinski definition) is 4. The molecular formula is C14H22N2O3. The Balaban J connectivity index is 1.90. The molecular weight excluding hydrogens is 244 g/mol. The van der Waals surface area contributed by atoms with Gasteiger partial charge in [-0.05, 0) is 25.7 Å². The number of imide groups is 1. The zero-order valence-corrected chi connectivity index (χ0v) is 11.3. The highest BCUT2D eigenvalue weighted by atomic mass is 16.5. The number of carbonyl (C=O) groups excluding carboxylic acids is 2. The van der Waals surface area contributed by atoms with E-state index < -0.39 is 5.54 Å². The van der Waals surface area contributed by atoms with E-state index in [9.17, 15) is 9.59 Å². The van der Waals surface area contributed by atoms with Crippen LogP contribution < -0.4 is 5.73 Å². The van der Waals surface area contributed by atoms with Crippen LogP contribution in [0.1, 0.15) is 38.5 Å². The van der Waals surface area contributed by atoms with E-state index in [1.807, 2.05) is 0 Å². The molecule has 1 saturated carbocycles. The Morgan fingerprint density at radius 3 is 2.11 bits per heavy atom. The van der Waals surface area contributed by atoms with E-state index in [1.165, 1.54) is 4.90 Å². The highest BCUT2D eigenvalue weighted by molar-refractivity contribution is 6.06. The van der Waals surface area contributed by atoms with Crippen molar-refractivity contribution in [1.82, 2.24) is 4.90 Å². The molecule has 3 aliphatic rings. The van der Waals surface area contributed by atoms with Crippen molar-refractivity contribution in [1.29, 1.82) is 0 Å². The van der Waals surface area contributed by atoms with Gasteiger partial charge < -0.3 is 10.5 Å². The lowest BCUT2D eigenvalue weighted by Gasteiger charge is -2.42. The quantitative estimate of drug-likeness (QED) is 0.746. The zero-order valence-electron chi connectivity index (χ0n) is 11.3. The first-order chi connectivity index (χ1) is 9.19. The Hall–Kier alpha value is -0.940. The smallest absolute Gasteiger partial charge is 0.233 e. The van der Waals surface area contributed by atoms with Crippen LogP contribution in [0.2, 0.25) is 0 Å². The Kier molecular flexibility index (Phi) is 3.35. The van der Waals surface area contributed by atoms with Crippen LogP contribution in [-0.4, -0.2) is 42.0 Å². The number of nitrogens with two attached hydrogens (primary N) is 1. The Morgan fingerprint density at radius 1 is 1.11 bits per heavy atom. The molecule has 0 aromatic heterocycles. The molecule has 0 spiro atoms. The van der Waals surface area contributed by atoms with Gasteiger partial charge in [-0.1, -0.05) is 12.8 Å². The lowest BCUT2D eigenvalue weighted by molar-refractivity contribution is -0.151. The third kappa shape index (κ3) is 1.91. The van der Waals surface area contributed by atoms with E-state index in [4.69, 9.17) is 10.5 Å². The van der Waals surface area contributed by atoms with Crippen LogP contribution >= 0.6 is 0 Å². The van der Waals surface area contributed by atoms with E-state index in [0.29, 0.717) is 32.6 Å². The number of rotatable bonds is 2. The summed E-state index contributed by atoms with van der Waals surface area (Å²) in [6.45, 7) is 1.53. The molecule has 0 aromatic carbocycles. The van der Waals surface area contributed by atoms with Gasteiger partial charge in [-0.3, -0.25) is 14.5 Å². The average Bonchev–Trinajstić information content (AvgIpc) is 2.73. The summed E-state index contributed by atoms with van der Waals surface area (Å²) in [6.07, 6.45) is 5.21. The Labute approximate surface area is 113 Å². The van der Waals surface area contributed by atoms with Gasteiger partial charge >= 0.3 is 0 Å². The molecule has 5 nitrogen and oxygen atoms in total. The SMILES string of the molecule is NCC1(N2C(=O)C3CCCCC3C2=O)CCOCC1. The number of hydrogen-bond donors (Lipinski definition) is 1. The van der Waals surface area contributed by atoms with Crippen molar-refractivity contribution in [2.24, 2.45) is 17.6 Å². The molecule has 0 radical (unpaired) electrons. The molecule has 2 amide bonds. The van der Waals surface area contributed by atoms with Crippen LogP contribution in [0.3, 0.4) is 0 Å². The molecule has 2 N–H and O–H groups in total. The molecule has 1 aliphatic carbocycles. The van der Waals surface area contributed by atoms with E-state index in [0.717, 1.165) is 25.7 Å². The second-order valence-electron chi connectivity index (χ2n) is 6.05. The minimum atomic E-state index is -0.482. The third-order valence-electron chi connectivity index (χ3n) is 5.12. The molecule has 2 saturated heterocycles. The van der Waals surface area contributed by atoms with Crippen LogP contribution in [0.4, 0.5) is 0 Å². The largest absolute Gasteiger partial charge is 0.381 e. The fourth-order valence-corrected chi connectivity index (χ4v) is 3.90. The van der Waals surface area contributed by atoms with Gasteiger partial charge in [0.05, 0.1) is 17.4 Å². The fraction of sp³-hybridized carbons (Fsp3) is 0.857. The molecule has 19 heavy (non-hydrogen) atoms. The summed E-state index contributed by atoms with van der Waals surface area (Å²) in [7, 11) is 0. The highest BCUT2D eigenvalue weighted by Gasteiger charge is 2.55. The second kappa shape index (κ2) is 4.87.